The average Bonchev–Trinajstić information content (AvgIpc) is 3.24. The minimum absolute atomic E-state index is 0.0615. The number of anilines is 1. The molecule has 0 bridgehead atoms. The van der Waals surface area contributed by atoms with E-state index in [0.29, 0.717) is 22.2 Å². The summed E-state index contributed by atoms with van der Waals surface area (Å²) in [7, 11) is -3.89. The molecule has 0 amide bonds. The molecule has 7 nitrogen and oxygen atoms in total. The van der Waals surface area contributed by atoms with Gasteiger partial charge in [-0.05, 0) is 25.5 Å². The fourth-order valence-electron chi connectivity index (χ4n) is 2.57. The van der Waals surface area contributed by atoms with E-state index in [1.165, 1.54) is 23.3 Å². The van der Waals surface area contributed by atoms with Crippen molar-refractivity contribution in [3.8, 4) is 6.07 Å². The molecule has 9 heteroatoms. The number of H-pyrrole nitrogens is 1. The van der Waals surface area contributed by atoms with Gasteiger partial charge in [-0.15, -0.1) is 0 Å². The van der Waals surface area contributed by atoms with Crippen molar-refractivity contribution in [2.75, 3.05) is 11.4 Å². The molecular formula is C16H16FN5O2S. The van der Waals surface area contributed by atoms with Crippen LogP contribution in [0.4, 0.5) is 10.1 Å². The average molecular weight is 361 g/mol. The third-order valence-electron chi connectivity index (χ3n) is 3.97. The van der Waals surface area contributed by atoms with Crippen LogP contribution in [0.1, 0.15) is 24.1 Å². The lowest BCUT2D eigenvalue weighted by Gasteiger charge is -2.09. The number of aromatic nitrogens is 3. The van der Waals surface area contributed by atoms with Gasteiger partial charge in [-0.2, -0.15) is 10.4 Å². The van der Waals surface area contributed by atoms with Gasteiger partial charge in [-0.25, -0.2) is 12.8 Å². The number of nitrogens with one attached hydrogen (secondary N) is 2. The largest absolute Gasteiger partial charge is 0.358 e. The number of hydrogen-bond donors (Lipinski definition) is 2. The molecule has 25 heavy (non-hydrogen) atoms. The second kappa shape index (κ2) is 6.22. The van der Waals surface area contributed by atoms with Crippen LogP contribution < -0.4 is 4.72 Å². The van der Waals surface area contributed by atoms with Gasteiger partial charge in [-0.1, -0.05) is 6.07 Å². The quantitative estimate of drug-likeness (QED) is 0.729. The van der Waals surface area contributed by atoms with Crippen LogP contribution in [-0.4, -0.2) is 29.9 Å². The Bertz CT molecular complexity index is 1080. The summed E-state index contributed by atoms with van der Waals surface area (Å²) in [6, 6.07) is 4.90. The van der Waals surface area contributed by atoms with Crippen molar-refractivity contribution >= 4 is 26.6 Å². The number of aromatic amines is 1. The summed E-state index contributed by atoms with van der Waals surface area (Å²) in [6.07, 6.45) is 4.00. The zero-order valence-electron chi connectivity index (χ0n) is 13.6. The molecule has 0 spiro atoms. The van der Waals surface area contributed by atoms with E-state index in [1.807, 2.05) is 6.92 Å². The second-order valence-corrected chi connectivity index (χ2v) is 7.44. The van der Waals surface area contributed by atoms with E-state index in [1.54, 1.807) is 19.1 Å². The fraction of sp³-hybridized carbons (Fsp3) is 0.250. The lowest BCUT2D eigenvalue weighted by atomic mass is 10.1. The third-order valence-corrected chi connectivity index (χ3v) is 5.29. The molecule has 0 aliphatic rings. The Hall–Kier alpha value is -2.86. The Morgan fingerprint density at radius 1 is 1.48 bits per heavy atom. The van der Waals surface area contributed by atoms with Gasteiger partial charge in [0.25, 0.3) is 10.0 Å². The summed E-state index contributed by atoms with van der Waals surface area (Å²) in [5, 5.41) is 13.7. The maximum absolute atomic E-state index is 12.7. The van der Waals surface area contributed by atoms with Crippen LogP contribution in [0, 0.1) is 18.3 Å². The van der Waals surface area contributed by atoms with Gasteiger partial charge in [0.1, 0.15) is 17.6 Å². The van der Waals surface area contributed by atoms with Crippen LogP contribution >= 0.6 is 0 Å². The van der Waals surface area contributed by atoms with Crippen LogP contribution in [-0.2, 0) is 10.0 Å². The Labute approximate surface area is 144 Å². The van der Waals surface area contributed by atoms with Crippen molar-refractivity contribution in [3.05, 3.63) is 41.9 Å². The maximum Gasteiger partial charge on any atom is 0.265 e. The van der Waals surface area contributed by atoms with Crippen molar-refractivity contribution in [1.82, 2.24) is 14.8 Å². The Morgan fingerprint density at radius 3 is 2.92 bits per heavy atom. The predicted octanol–water partition coefficient (Wildman–Crippen LogP) is 2.88. The molecule has 0 saturated heterocycles. The number of halogens is 1. The zero-order valence-corrected chi connectivity index (χ0v) is 14.4. The number of sulfonamides is 1. The molecule has 1 atom stereocenters. The third kappa shape index (κ3) is 2.96. The molecule has 0 unspecified atom stereocenters. The Balaban J connectivity index is 2.01. The molecule has 3 rings (SSSR count). The van der Waals surface area contributed by atoms with Gasteiger partial charge in [0, 0.05) is 17.8 Å². The highest BCUT2D eigenvalue weighted by Crippen LogP contribution is 2.30. The van der Waals surface area contributed by atoms with Crippen molar-refractivity contribution in [1.29, 1.82) is 5.26 Å². The molecule has 130 valence electrons. The molecule has 2 aromatic heterocycles. The molecule has 0 radical (unpaired) electrons. The highest BCUT2D eigenvalue weighted by Gasteiger charge is 2.20. The predicted molar refractivity (Wildman–Crippen MR) is 91.5 cm³/mol. The van der Waals surface area contributed by atoms with Crippen molar-refractivity contribution in [2.24, 2.45) is 0 Å². The first-order valence-corrected chi connectivity index (χ1v) is 8.99. The molecular weight excluding hydrogens is 345 g/mol. The first kappa shape index (κ1) is 17.0. The minimum atomic E-state index is -3.89. The minimum Gasteiger partial charge on any atom is -0.358 e. The lowest BCUT2D eigenvalue weighted by Crippen LogP contribution is -2.13. The van der Waals surface area contributed by atoms with Gasteiger partial charge in [0.05, 0.1) is 29.0 Å². The summed E-state index contributed by atoms with van der Waals surface area (Å²) >= 11 is 0. The molecule has 3 aromatic rings. The van der Waals surface area contributed by atoms with Gasteiger partial charge in [-0.3, -0.25) is 9.40 Å². The van der Waals surface area contributed by atoms with Crippen molar-refractivity contribution in [3.63, 3.8) is 0 Å². The van der Waals surface area contributed by atoms with Crippen LogP contribution in [0.2, 0.25) is 0 Å². The van der Waals surface area contributed by atoms with E-state index in [2.05, 4.69) is 20.9 Å². The van der Waals surface area contributed by atoms with E-state index < -0.39 is 22.7 Å². The normalized spacial score (nSPS) is 12.9. The number of nitriles is 1. The molecule has 2 heterocycles. The van der Waals surface area contributed by atoms with Crippen LogP contribution in [0.5, 0.6) is 0 Å². The van der Waals surface area contributed by atoms with E-state index in [0.717, 1.165) is 5.56 Å². The summed E-state index contributed by atoms with van der Waals surface area (Å²) in [6.45, 7) is 2.80. The van der Waals surface area contributed by atoms with Crippen LogP contribution in [0.25, 0.3) is 10.9 Å². The first-order valence-electron chi connectivity index (χ1n) is 7.51. The Kier molecular flexibility index (Phi) is 4.22. The van der Waals surface area contributed by atoms with Gasteiger partial charge >= 0.3 is 0 Å². The number of fused-ring (bicyclic) bond motifs is 1. The summed E-state index contributed by atoms with van der Waals surface area (Å²) < 4.78 is 41.7. The zero-order chi connectivity index (χ0) is 18.2. The SMILES string of the molecule is Cc1ccc(NS(=O)(=O)c2cnn([C@H](C)CF)c2)c2[nH]cc(C#N)c12. The van der Waals surface area contributed by atoms with E-state index in [9.17, 15) is 18.1 Å². The highest BCUT2D eigenvalue weighted by atomic mass is 32.2. The van der Waals surface area contributed by atoms with Crippen LogP contribution in [0.15, 0.2) is 35.6 Å². The Morgan fingerprint density at radius 2 is 2.24 bits per heavy atom. The number of nitrogens with zero attached hydrogens (tertiary/aromatic N) is 3. The fourth-order valence-corrected chi connectivity index (χ4v) is 3.58. The maximum atomic E-state index is 12.7. The number of rotatable bonds is 5. The monoisotopic (exact) mass is 361 g/mol. The van der Waals surface area contributed by atoms with E-state index >= 15 is 0 Å². The van der Waals surface area contributed by atoms with E-state index in [-0.39, 0.29) is 4.90 Å². The topological polar surface area (TPSA) is 104 Å². The standard InChI is InChI=1S/C16H16FN5O2S/c1-10-3-4-14(16-15(10)12(6-18)7-19-16)21-25(23,24)13-8-20-22(9-13)11(2)5-17/h3-4,7-9,11,19,21H,5H2,1-2H3/t11-/m1/s1. The van der Waals surface area contributed by atoms with Crippen molar-refractivity contribution < 1.29 is 12.8 Å². The summed E-state index contributed by atoms with van der Waals surface area (Å²) in [5.41, 5.74) is 2.16. The second-order valence-electron chi connectivity index (χ2n) is 5.76. The number of hydrogen-bond acceptors (Lipinski definition) is 4. The molecule has 0 aliphatic carbocycles. The van der Waals surface area contributed by atoms with Gasteiger partial charge < -0.3 is 4.98 Å². The van der Waals surface area contributed by atoms with Crippen LogP contribution in [0.3, 0.4) is 0 Å². The number of benzene rings is 1. The number of alkyl halides is 1. The summed E-state index contributed by atoms with van der Waals surface area (Å²) in [4.78, 5) is 2.87. The highest BCUT2D eigenvalue weighted by molar-refractivity contribution is 7.92. The van der Waals surface area contributed by atoms with Gasteiger partial charge in [0.15, 0.2) is 0 Å². The molecule has 2 N–H and O–H groups in total. The molecule has 0 aliphatic heterocycles. The van der Waals surface area contributed by atoms with Gasteiger partial charge in [0.2, 0.25) is 0 Å². The van der Waals surface area contributed by atoms with Crippen molar-refractivity contribution in [2.45, 2.75) is 24.8 Å². The molecule has 0 saturated carbocycles. The van der Waals surface area contributed by atoms with E-state index in [4.69, 9.17) is 0 Å². The molecule has 1 aromatic carbocycles. The molecule has 0 fully saturated rings. The summed E-state index contributed by atoms with van der Waals surface area (Å²) in [5.74, 6) is 0. The first-order chi connectivity index (χ1) is 11.9. The smallest absolute Gasteiger partial charge is 0.265 e. The number of aryl methyl sites for hydroxylation is 1. The lowest BCUT2D eigenvalue weighted by molar-refractivity contribution is 0.355.